The van der Waals surface area contributed by atoms with Crippen molar-refractivity contribution in [3.8, 4) is 17.2 Å². The average Bonchev–Trinajstić information content (AvgIpc) is 3.31. The third-order valence-corrected chi connectivity index (χ3v) is 6.21. The number of ether oxygens (including phenoxy) is 1. The summed E-state index contributed by atoms with van der Waals surface area (Å²) >= 11 is 0. The number of nitrogens with two attached hydrogens (primary N) is 1. The van der Waals surface area contributed by atoms with Gasteiger partial charge in [-0.05, 0) is 45.0 Å². The van der Waals surface area contributed by atoms with Gasteiger partial charge in [-0.15, -0.1) is 0 Å². The minimum Gasteiger partial charge on any atom is -0.494 e. The Kier molecular flexibility index (Phi) is 7.10. The Balaban J connectivity index is 1.69. The molecular formula is C25H28F3N5O5. The van der Waals surface area contributed by atoms with Crippen LogP contribution in [-0.2, 0) is 11.0 Å². The van der Waals surface area contributed by atoms with Gasteiger partial charge in [0.1, 0.15) is 22.6 Å². The third kappa shape index (κ3) is 5.16. The molecule has 0 unspecified atom stereocenters. The van der Waals surface area contributed by atoms with E-state index in [2.05, 4.69) is 9.97 Å². The van der Waals surface area contributed by atoms with E-state index in [1.807, 2.05) is 0 Å². The van der Waals surface area contributed by atoms with Gasteiger partial charge in [-0.1, -0.05) is 0 Å². The molecule has 0 radical (unpaired) electrons. The quantitative estimate of drug-likeness (QED) is 0.509. The molecule has 2 aromatic heterocycles. The first-order valence-electron chi connectivity index (χ1n) is 11.8. The Morgan fingerprint density at radius 1 is 1.08 bits per heavy atom. The molecule has 3 N–H and O–H groups in total. The molecule has 2 amide bonds. The monoisotopic (exact) mass is 535 g/mol. The second-order valence-electron chi connectivity index (χ2n) is 9.57. The lowest BCUT2D eigenvalue weighted by molar-refractivity contribution is -0.149. The highest BCUT2D eigenvalue weighted by Gasteiger charge is 2.35. The number of amides is 2. The summed E-state index contributed by atoms with van der Waals surface area (Å²) in [6.45, 7) is 5.28. The van der Waals surface area contributed by atoms with E-state index < -0.39 is 35.3 Å². The number of carbonyl (C=O) groups is 2. The van der Waals surface area contributed by atoms with Crippen LogP contribution in [0.2, 0.25) is 0 Å². The van der Waals surface area contributed by atoms with E-state index in [-0.39, 0.29) is 60.2 Å². The van der Waals surface area contributed by atoms with Crippen LogP contribution in [0.15, 0.2) is 28.7 Å². The summed E-state index contributed by atoms with van der Waals surface area (Å²) in [5, 5.41) is 10.3. The van der Waals surface area contributed by atoms with Gasteiger partial charge in [-0.2, -0.15) is 13.2 Å². The molecule has 204 valence electrons. The average molecular weight is 536 g/mol. The van der Waals surface area contributed by atoms with E-state index in [1.54, 1.807) is 13.0 Å². The van der Waals surface area contributed by atoms with Crippen LogP contribution in [0.3, 0.4) is 0 Å². The predicted molar refractivity (Wildman–Crippen MR) is 130 cm³/mol. The van der Waals surface area contributed by atoms with E-state index in [9.17, 15) is 27.9 Å². The molecule has 0 bridgehead atoms. The second-order valence-corrected chi connectivity index (χ2v) is 9.57. The van der Waals surface area contributed by atoms with Crippen molar-refractivity contribution in [1.29, 1.82) is 0 Å². The first kappa shape index (κ1) is 27.3. The number of carbonyl (C=O) groups excluding carboxylic acids is 2. The number of fused-ring (bicyclic) bond motifs is 1. The van der Waals surface area contributed by atoms with Crippen LogP contribution in [-0.4, -0.2) is 75.6 Å². The maximum absolute atomic E-state index is 13.4. The third-order valence-electron chi connectivity index (χ3n) is 6.21. The molecule has 0 saturated carbocycles. The molecule has 0 aliphatic carbocycles. The smallest absolute Gasteiger partial charge is 0.433 e. The zero-order chi connectivity index (χ0) is 28.0. The zero-order valence-electron chi connectivity index (χ0n) is 21.3. The van der Waals surface area contributed by atoms with Gasteiger partial charge in [0.05, 0.1) is 13.2 Å². The fourth-order valence-corrected chi connectivity index (χ4v) is 4.26. The lowest BCUT2D eigenvalue weighted by Crippen LogP contribution is -2.55. The number of hydrogen-bond donors (Lipinski definition) is 2. The number of hydrogen-bond acceptors (Lipinski definition) is 8. The van der Waals surface area contributed by atoms with Crippen molar-refractivity contribution in [3.63, 3.8) is 0 Å². The summed E-state index contributed by atoms with van der Waals surface area (Å²) in [4.78, 5) is 36.9. The van der Waals surface area contributed by atoms with Crippen LogP contribution < -0.4 is 10.5 Å². The van der Waals surface area contributed by atoms with Crippen LogP contribution in [0.5, 0.6) is 5.75 Å². The van der Waals surface area contributed by atoms with Crippen LogP contribution in [0.1, 0.15) is 48.8 Å². The molecule has 10 nitrogen and oxygen atoms in total. The van der Waals surface area contributed by atoms with Gasteiger partial charge in [-0.3, -0.25) is 9.59 Å². The highest BCUT2D eigenvalue weighted by atomic mass is 19.4. The van der Waals surface area contributed by atoms with E-state index in [0.717, 1.165) is 6.07 Å². The summed E-state index contributed by atoms with van der Waals surface area (Å²) < 4.78 is 51.0. The Morgan fingerprint density at radius 2 is 1.71 bits per heavy atom. The molecule has 13 heteroatoms. The standard InChI is InChI=1S/C25H28F3N5O5/c1-13(29)20-19(22(34)32-9-11-33(12-10-32)23(35)24(2,3)36)31-21(38-20)15-5-7-16(37-4)18-14(15)6-8-17(30-18)25(26,27)28/h5-8,13,36H,9-12,29H2,1-4H3/t13-/m0/s1. The van der Waals surface area contributed by atoms with Crippen molar-refractivity contribution in [2.45, 2.75) is 38.6 Å². The predicted octanol–water partition coefficient (Wildman–Crippen LogP) is 2.99. The zero-order valence-corrected chi connectivity index (χ0v) is 21.3. The number of halogens is 3. The van der Waals surface area contributed by atoms with Crippen molar-refractivity contribution in [2.24, 2.45) is 5.73 Å². The Morgan fingerprint density at radius 3 is 2.26 bits per heavy atom. The van der Waals surface area contributed by atoms with Crippen molar-refractivity contribution in [2.75, 3.05) is 33.3 Å². The number of pyridine rings is 1. The Bertz CT molecular complexity index is 1370. The molecule has 1 aliphatic rings. The number of methoxy groups -OCH3 is 1. The van der Waals surface area contributed by atoms with Crippen LogP contribution >= 0.6 is 0 Å². The molecule has 38 heavy (non-hydrogen) atoms. The van der Waals surface area contributed by atoms with Gasteiger partial charge in [0.2, 0.25) is 5.89 Å². The maximum atomic E-state index is 13.4. The molecule has 1 fully saturated rings. The van der Waals surface area contributed by atoms with Gasteiger partial charge < -0.3 is 29.8 Å². The highest BCUT2D eigenvalue weighted by Crippen LogP contribution is 2.37. The number of rotatable bonds is 5. The van der Waals surface area contributed by atoms with E-state index in [1.165, 1.54) is 42.9 Å². The van der Waals surface area contributed by atoms with Crippen LogP contribution in [0.25, 0.3) is 22.4 Å². The first-order valence-corrected chi connectivity index (χ1v) is 11.8. The normalized spacial score (nSPS) is 15.6. The van der Waals surface area contributed by atoms with Gasteiger partial charge >= 0.3 is 6.18 Å². The fraction of sp³-hybridized carbons (Fsp3) is 0.440. The van der Waals surface area contributed by atoms with Crippen LogP contribution in [0, 0.1) is 0 Å². The SMILES string of the molecule is COc1ccc(-c2nc(C(=O)N3CCN(C(=O)C(C)(C)O)CC3)c([C@H](C)N)o2)c2ccc(C(F)(F)F)nc12. The number of nitrogens with zero attached hydrogens (tertiary/aromatic N) is 4. The molecule has 3 heterocycles. The van der Waals surface area contributed by atoms with Gasteiger partial charge in [-0.25, -0.2) is 9.97 Å². The number of oxazole rings is 1. The van der Waals surface area contributed by atoms with E-state index in [0.29, 0.717) is 5.56 Å². The lowest BCUT2D eigenvalue weighted by atomic mass is 10.1. The van der Waals surface area contributed by atoms with Crippen molar-refractivity contribution in [3.05, 3.63) is 41.4 Å². The Labute approximate surface area is 216 Å². The first-order chi connectivity index (χ1) is 17.7. The molecule has 1 aliphatic heterocycles. The largest absolute Gasteiger partial charge is 0.494 e. The highest BCUT2D eigenvalue weighted by molar-refractivity contribution is 5.98. The summed E-state index contributed by atoms with van der Waals surface area (Å²) in [5.74, 6) is -0.658. The number of benzene rings is 1. The minimum atomic E-state index is -4.65. The molecule has 1 aromatic carbocycles. The maximum Gasteiger partial charge on any atom is 0.433 e. The van der Waals surface area contributed by atoms with Crippen LogP contribution in [0.4, 0.5) is 13.2 Å². The topological polar surface area (TPSA) is 135 Å². The van der Waals surface area contributed by atoms with Gasteiger partial charge in [0, 0.05) is 37.1 Å². The fourth-order valence-electron chi connectivity index (χ4n) is 4.26. The molecule has 1 saturated heterocycles. The molecule has 1 atom stereocenters. The van der Waals surface area contributed by atoms with Gasteiger partial charge in [0.15, 0.2) is 11.5 Å². The summed E-state index contributed by atoms with van der Waals surface area (Å²) in [7, 11) is 1.32. The minimum absolute atomic E-state index is 0.00861. The summed E-state index contributed by atoms with van der Waals surface area (Å²) in [5.41, 5.74) is 3.70. The van der Waals surface area contributed by atoms with Crippen molar-refractivity contribution >= 4 is 22.7 Å². The molecule has 3 aromatic rings. The molecule has 0 spiro atoms. The van der Waals surface area contributed by atoms with Crippen molar-refractivity contribution < 1.29 is 37.0 Å². The van der Waals surface area contributed by atoms with Crippen molar-refractivity contribution in [1.82, 2.24) is 19.8 Å². The summed E-state index contributed by atoms with van der Waals surface area (Å²) in [6.07, 6.45) is -4.65. The second kappa shape index (κ2) is 9.87. The molecule has 4 rings (SSSR count). The molecular weight excluding hydrogens is 507 g/mol. The number of piperazine rings is 1. The number of alkyl halides is 3. The number of aliphatic hydroxyl groups is 1. The lowest BCUT2D eigenvalue weighted by Gasteiger charge is -2.37. The summed E-state index contributed by atoms with van der Waals surface area (Å²) in [6, 6.07) is 4.39. The van der Waals surface area contributed by atoms with E-state index >= 15 is 0 Å². The van der Waals surface area contributed by atoms with E-state index in [4.69, 9.17) is 14.9 Å². The number of aromatic nitrogens is 2. The van der Waals surface area contributed by atoms with Gasteiger partial charge in [0.25, 0.3) is 11.8 Å². The Hall–Kier alpha value is -3.71.